The molecule has 0 atom stereocenters. The number of nitrogens with one attached hydrogen (secondary N) is 1. The topological polar surface area (TPSA) is 59.7 Å². The Morgan fingerprint density at radius 3 is 2.13 bits per heavy atom. The van der Waals surface area contributed by atoms with Gasteiger partial charge in [0.1, 0.15) is 0 Å². The summed E-state index contributed by atoms with van der Waals surface area (Å²) in [6.45, 7) is 5.44. The summed E-state index contributed by atoms with van der Waals surface area (Å²) in [5.41, 5.74) is 5.62. The van der Waals surface area contributed by atoms with Gasteiger partial charge in [-0.05, 0) is 47.7 Å². The number of carbonyl (C=O) groups excluding carboxylic acids is 2. The van der Waals surface area contributed by atoms with E-state index in [1.54, 1.807) is 4.90 Å². The molecule has 0 fully saturated rings. The summed E-state index contributed by atoms with van der Waals surface area (Å²) in [5.74, 6) is -0.202. The summed E-state index contributed by atoms with van der Waals surface area (Å²) in [6, 6.07) is 26.7. The number of anilines is 1. The molecule has 0 aliphatic heterocycles. The first-order valence-corrected chi connectivity index (χ1v) is 13.7. The molecule has 0 spiro atoms. The van der Waals surface area contributed by atoms with E-state index in [0.717, 1.165) is 28.8 Å². The number of amides is 2. The van der Waals surface area contributed by atoms with Crippen LogP contribution in [0.5, 0.6) is 0 Å². The average molecular weight is 525 g/mol. The molecule has 1 heterocycles. The first kappa shape index (κ1) is 28.0. The van der Waals surface area contributed by atoms with Gasteiger partial charge in [-0.3, -0.25) is 9.59 Å². The predicted octanol–water partition coefficient (Wildman–Crippen LogP) is 5.53. The van der Waals surface area contributed by atoms with Gasteiger partial charge < -0.3 is 19.7 Å². The molecular weight excluding hydrogens is 484 g/mol. The highest BCUT2D eigenvalue weighted by molar-refractivity contribution is 5.86. The highest BCUT2D eigenvalue weighted by Gasteiger charge is 2.23. The second-order valence-electron chi connectivity index (χ2n) is 10.6. The van der Waals surface area contributed by atoms with Crippen LogP contribution in [-0.4, -0.2) is 60.3 Å². The van der Waals surface area contributed by atoms with E-state index >= 15 is 0 Å². The molecule has 0 aliphatic carbocycles. The summed E-state index contributed by atoms with van der Waals surface area (Å²) in [7, 11) is 4.03. The van der Waals surface area contributed by atoms with Crippen molar-refractivity contribution < 1.29 is 9.59 Å². The third kappa shape index (κ3) is 7.50. The number of fused-ring (bicyclic) bond motifs is 1. The zero-order valence-electron chi connectivity index (χ0n) is 23.6. The Labute approximate surface area is 232 Å². The van der Waals surface area contributed by atoms with Crippen molar-refractivity contribution >= 4 is 28.4 Å². The van der Waals surface area contributed by atoms with Crippen LogP contribution in [0, 0.1) is 5.92 Å². The lowest BCUT2D eigenvalue weighted by molar-refractivity contribution is -0.142. The molecule has 39 heavy (non-hydrogen) atoms. The van der Waals surface area contributed by atoms with Crippen molar-refractivity contribution in [2.75, 3.05) is 38.6 Å². The summed E-state index contributed by atoms with van der Waals surface area (Å²) in [6.07, 6.45) is 3.48. The molecule has 0 unspecified atom stereocenters. The van der Waals surface area contributed by atoms with E-state index in [1.165, 1.54) is 10.9 Å². The van der Waals surface area contributed by atoms with Gasteiger partial charge in [0.15, 0.2) is 0 Å². The van der Waals surface area contributed by atoms with Gasteiger partial charge in [-0.1, -0.05) is 74.5 Å². The number of hydrogen-bond donors (Lipinski definition) is 1. The molecular formula is C33H40N4O2. The lowest BCUT2D eigenvalue weighted by atomic mass is 10.1. The van der Waals surface area contributed by atoms with Crippen LogP contribution in [0.3, 0.4) is 0 Å². The summed E-state index contributed by atoms with van der Waals surface area (Å²) >= 11 is 0. The molecule has 6 nitrogen and oxygen atoms in total. The quantitative estimate of drug-likeness (QED) is 0.265. The van der Waals surface area contributed by atoms with Crippen molar-refractivity contribution in [2.45, 2.75) is 33.2 Å². The molecule has 6 heteroatoms. The van der Waals surface area contributed by atoms with Crippen molar-refractivity contribution in [1.29, 1.82) is 0 Å². The van der Waals surface area contributed by atoms with Crippen LogP contribution in [0.4, 0.5) is 5.69 Å². The minimum Gasteiger partial charge on any atom is -0.378 e. The normalized spacial score (nSPS) is 11.1. The molecule has 0 saturated carbocycles. The number of aromatic nitrogens is 1. The van der Waals surface area contributed by atoms with Crippen molar-refractivity contribution in [1.82, 2.24) is 14.8 Å². The van der Waals surface area contributed by atoms with E-state index in [4.69, 9.17) is 0 Å². The summed E-state index contributed by atoms with van der Waals surface area (Å²) < 4.78 is 0. The van der Waals surface area contributed by atoms with Gasteiger partial charge in [-0.25, -0.2) is 0 Å². The second-order valence-corrected chi connectivity index (χ2v) is 10.6. The monoisotopic (exact) mass is 524 g/mol. The second kappa shape index (κ2) is 13.1. The lowest BCUT2D eigenvalue weighted by Crippen LogP contribution is -2.45. The largest absolute Gasteiger partial charge is 0.378 e. The van der Waals surface area contributed by atoms with E-state index < -0.39 is 0 Å². The number of nitrogens with zero attached hydrogens (tertiary/aromatic N) is 3. The molecule has 4 rings (SSSR count). The number of aromatic amines is 1. The molecule has 0 saturated heterocycles. The van der Waals surface area contributed by atoms with Crippen molar-refractivity contribution in [3.05, 3.63) is 102 Å². The number of rotatable bonds is 12. The SMILES string of the molecule is CC(C)C(=O)N(CCc1ccccc1)CC(=O)N(CCc1c[nH]c2ccccc12)Cc1ccc(N(C)C)cc1. The van der Waals surface area contributed by atoms with Gasteiger partial charge in [0.2, 0.25) is 11.8 Å². The first-order chi connectivity index (χ1) is 18.8. The zero-order chi connectivity index (χ0) is 27.8. The number of para-hydroxylation sites is 1. The van der Waals surface area contributed by atoms with Gasteiger partial charge in [0, 0.05) is 62.4 Å². The number of H-pyrrole nitrogens is 1. The van der Waals surface area contributed by atoms with E-state index in [9.17, 15) is 9.59 Å². The molecule has 4 aromatic rings. The maximum Gasteiger partial charge on any atom is 0.242 e. The Morgan fingerprint density at radius 1 is 0.769 bits per heavy atom. The smallest absolute Gasteiger partial charge is 0.242 e. The van der Waals surface area contributed by atoms with Crippen LogP contribution < -0.4 is 4.90 Å². The molecule has 0 aliphatic rings. The van der Waals surface area contributed by atoms with Crippen LogP contribution >= 0.6 is 0 Å². The van der Waals surface area contributed by atoms with Crippen LogP contribution in [0.2, 0.25) is 0 Å². The average Bonchev–Trinajstić information content (AvgIpc) is 3.36. The van der Waals surface area contributed by atoms with Crippen molar-refractivity contribution in [3.63, 3.8) is 0 Å². The fourth-order valence-electron chi connectivity index (χ4n) is 4.81. The Kier molecular flexibility index (Phi) is 9.42. The molecule has 204 valence electrons. The van der Waals surface area contributed by atoms with Gasteiger partial charge in [-0.2, -0.15) is 0 Å². The highest BCUT2D eigenvalue weighted by atomic mass is 16.2. The Balaban J connectivity index is 1.52. The molecule has 1 N–H and O–H groups in total. The zero-order valence-corrected chi connectivity index (χ0v) is 23.6. The number of carbonyl (C=O) groups is 2. The van der Waals surface area contributed by atoms with Crippen molar-refractivity contribution in [3.8, 4) is 0 Å². The van der Waals surface area contributed by atoms with Crippen LogP contribution in [0.1, 0.15) is 30.5 Å². The minimum absolute atomic E-state index is 0.00574. The molecule has 1 aromatic heterocycles. The number of benzene rings is 3. The van der Waals surface area contributed by atoms with E-state index in [-0.39, 0.29) is 24.3 Å². The van der Waals surface area contributed by atoms with Gasteiger partial charge in [0.25, 0.3) is 0 Å². The maximum atomic E-state index is 13.8. The van der Waals surface area contributed by atoms with Gasteiger partial charge in [-0.15, -0.1) is 0 Å². The predicted molar refractivity (Wildman–Crippen MR) is 160 cm³/mol. The first-order valence-electron chi connectivity index (χ1n) is 13.7. The van der Waals surface area contributed by atoms with E-state index in [1.807, 2.05) is 69.4 Å². The fourth-order valence-corrected chi connectivity index (χ4v) is 4.81. The summed E-state index contributed by atoms with van der Waals surface area (Å²) in [4.78, 5) is 36.0. The molecule has 0 bridgehead atoms. The van der Waals surface area contributed by atoms with Gasteiger partial charge in [0.05, 0.1) is 6.54 Å². The van der Waals surface area contributed by atoms with Crippen LogP contribution in [-0.2, 0) is 29.0 Å². The highest BCUT2D eigenvalue weighted by Crippen LogP contribution is 2.20. The molecule has 2 amide bonds. The van der Waals surface area contributed by atoms with E-state index in [0.29, 0.717) is 26.1 Å². The Morgan fingerprint density at radius 2 is 1.44 bits per heavy atom. The van der Waals surface area contributed by atoms with Crippen LogP contribution in [0.15, 0.2) is 85.1 Å². The van der Waals surface area contributed by atoms with Crippen LogP contribution in [0.25, 0.3) is 10.9 Å². The lowest BCUT2D eigenvalue weighted by Gasteiger charge is -2.29. The van der Waals surface area contributed by atoms with Gasteiger partial charge >= 0.3 is 0 Å². The fraction of sp³-hybridized carbons (Fsp3) is 0.333. The third-order valence-corrected chi connectivity index (χ3v) is 7.15. The maximum absolute atomic E-state index is 13.8. The Hall–Kier alpha value is -4.06. The summed E-state index contributed by atoms with van der Waals surface area (Å²) in [5, 5.41) is 1.18. The third-order valence-electron chi connectivity index (χ3n) is 7.15. The molecule has 3 aromatic carbocycles. The van der Waals surface area contributed by atoms with Crippen molar-refractivity contribution in [2.24, 2.45) is 5.92 Å². The minimum atomic E-state index is -0.174. The van der Waals surface area contributed by atoms with E-state index in [2.05, 4.69) is 58.4 Å². The number of hydrogen-bond acceptors (Lipinski definition) is 3. The Bertz CT molecular complexity index is 1360. The molecule has 0 radical (unpaired) electrons. The standard InChI is InChI=1S/C33H40N4O2/c1-25(2)33(39)37(20-18-26-10-6-5-7-11-26)24-32(38)36(23-27-14-16-29(17-15-27)35(3)4)21-19-28-22-34-31-13-9-8-12-30(28)31/h5-17,22,25,34H,18-21,23-24H2,1-4H3.